The van der Waals surface area contributed by atoms with E-state index >= 15 is 0 Å². The van der Waals surface area contributed by atoms with Gasteiger partial charge in [0, 0.05) is 20.1 Å². The normalized spacial score (nSPS) is 22.0. The number of unbranched alkanes of at least 4 members (excludes halogenated alkanes) is 1. The van der Waals surface area contributed by atoms with Crippen LogP contribution in [0.15, 0.2) is 0 Å². The van der Waals surface area contributed by atoms with E-state index in [1.165, 1.54) is 12.8 Å². The van der Waals surface area contributed by atoms with Crippen LogP contribution in [0.25, 0.3) is 0 Å². The van der Waals surface area contributed by atoms with Gasteiger partial charge >= 0.3 is 0 Å². The highest BCUT2D eigenvalue weighted by Gasteiger charge is 2.18. The van der Waals surface area contributed by atoms with Crippen molar-refractivity contribution in [2.75, 3.05) is 26.7 Å². The van der Waals surface area contributed by atoms with Crippen molar-refractivity contribution in [3.63, 3.8) is 0 Å². The number of nitrogens with one attached hydrogen (secondary N) is 1. The summed E-state index contributed by atoms with van der Waals surface area (Å²) in [6.07, 6.45) is 5.24. The molecule has 1 heterocycles. The minimum Gasteiger partial charge on any atom is -0.380 e. The van der Waals surface area contributed by atoms with Crippen molar-refractivity contribution >= 4 is 5.91 Å². The number of hydrazine groups is 1. The number of carbonyl (C=O) groups is 1. The SMILES string of the molecule is COC1CCCN(CCCCC(=O)NN)C1. The van der Waals surface area contributed by atoms with Crippen molar-refractivity contribution in [3.8, 4) is 0 Å². The molecule has 16 heavy (non-hydrogen) atoms. The maximum absolute atomic E-state index is 10.9. The van der Waals surface area contributed by atoms with Crippen LogP contribution in [-0.2, 0) is 9.53 Å². The largest absolute Gasteiger partial charge is 0.380 e. The number of methoxy groups -OCH3 is 1. The molecule has 0 saturated carbocycles. The lowest BCUT2D eigenvalue weighted by atomic mass is 10.1. The van der Waals surface area contributed by atoms with Crippen LogP contribution < -0.4 is 11.3 Å². The van der Waals surface area contributed by atoms with Gasteiger partial charge in [0.05, 0.1) is 6.10 Å². The summed E-state index contributed by atoms with van der Waals surface area (Å²) < 4.78 is 5.36. The standard InChI is InChI=1S/C11H23N3O2/c1-16-10-5-4-8-14(9-10)7-3-2-6-11(15)13-12/h10H,2-9,12H2,1H3,(H,13,15). The summed E-state index contributed by atoms with van der Waals surface area (Å²) in [5.41, 5.74) is 2.15. The zero-order valence-electron chi connectivity index (χ0n) is 10.1. The van der Waals surface area contributed by atoms with Crippen molar-refractivity contribution in [1.82, 2.24) is 10.3 Å². The topological polar surface area (TPSA) is 67.6 Å². The van der Waals surface area contributed by atoms with E-state index in [1.54, 1.807) is 7.11 Å². The van der Waals surface area contributed by atoms with Crippen molar-refractivity contribution in [3.05, 3.63) is 0 Å². The molecular weight excluding hydrogens is 206 g/mol. The van der Waals surface area contributed by atoms with Crippen LogP contribution in [0.5, 0.6) is 0 Å². The molecule has 0 aromatic carbocycles. The molecule has 0 aromatic heterocycles. The Kier molecular flexibility index (Phi) is 6.37. The fourth-order valence-corrected chi connectivity index (χ4v) is 2.10. The molecule has 1 aliphatic heterocycles. The highest BCUT2D eigenvalue weighted by atomic mass is 16.5. The van der Waals surface area contributed by atoms with Crippen molar-refractivity contribution in [2.24, 2.45) is 5.84 Å². The number of amides is 1. The molecule has 5 heteroatoms. The second-order valence-corrected chi connectivity index (χ2v) is 4.33. The summed E-state index contributed by atoms with van der Waals surface area (Å²) in [4.78, 5) is 13.3. The average Bonchev–Trinajstić information content (AvgIpc) is 2.34. The van der Waals surface area contributed by atoms with Gasteiger partial charge in [-0.3, -0.25) is 10.2 Å². The molecule has 1 saturated heterocycles. The number of likely N-dealkylation sites (tertiary alicyclic amines) is 1. The molecule has 1 unspecified atom stereocenters. The average molecular weight is 229 g/mol. The maximum atomic E-state index is 10.9. The number of ether oxygens (including phenoxy) is 1. The highest BCUT2D eigenvalue weighted by Crippen LogP contribution is 2.13. The van der Waals surface area contributed by atoms with Gasteiger partial charge in [-0.15, -0.1) is 0 Å². The van der Waals surface area contributed by atoms with E-state index in [9.17, 15) is 4.79 Å². The Morgan fingerprint density at radius 3 is 3.06 bits per heavy atom. The van der Waals surface area contributed by atoms with Gasteiger partial charge in [0.2, 0.25) is 5.91 Å². The second kappa shape index (κ2) is 7.60. The Morgan fingerprint density at radius 2 is 2.38 bits per heavy atom. The third kappa shape index (κ3) is 4.92. The van der Waals surface area contributed by atoms with Crippen LogP contribution in [-0.4, -0.2) is 43.7 Å². The molecule has 0 bridgehead atoms. The molecule has 1 fully saturated rings. The summed E-state index contributed by atoms with van der Waals surface area (Å²) in [7, 11) is 1.78. The van der Waals surface area contributed by atoms with Crippen molar-refractivity contribution in [1.29, 1.82) is 0 Å². The Bertz CT molecular complexity index is 211. The Hall–Kier alpha value is -0.650. The van der Waals surface area contributed by atoms with E-state index in [1.807, 2.05) is 0 Å². The first-order valence-corrected chi connectivity index (χ1v) is 6.01. The molecule has 1 aliphatic rings. The predicted octanol–water partition coefficient (Wildman–Crippen LogP) is 0.257. The molecule has 5 nitrogen and oxygen atoms in total. The Morgan fingerprint density at radius 1 is 1.56 bits per heavy atom. The number of nitrogens with zero attached hydrogens (tertiary/aromatic N) is 1. The fourth-order valence-electron chi connectivity index (χ4n) is 2.10. The van der Waals surface area contributed by atoms with E-state index in [0.717, 1.165) is 32.5 Å². The van der Waals surface area contributed by atoms with E-state index in [0.29, 0.717) is 12.5 Å². The van der Waals surface area contributed by atoms with Gasteiger partial charge < -0.3 is 9.64 Å². The van der Waals surface area contributed by atoms with Gasteiger partial charge in [0.25, 0.3) is 0 Å². The van der Waals surface area contributed by atoms with Gasteiger partial charge in [0.1, 0.15) is 0 Å². The number of nitrogens with two attached hydrogens (primary N) is 1. The number of carbonyl (C=O) groups excluding carboxylic acids is 1. The van der Waals surface area contributed by atoms with Crippen molar-refractivity contribution < 1.29 is 9.53 Å². The van der Waals surface area contributed by atoms with Crippen LogP contribution >= 0.6 is 0 Å². The zero-order chi connectivity index (χ0) is 11.8. The lowest BCUT2D eigenvalue weighted by Gasteiger charge is -2.31. The van der Waals surface area contributed by atoms with E-state index < -0.39 is 0 Å². The molecule has 1 atom stereocenters. The smallest absolute Gasteiger partial charge is 0.233 e. The molecule has 0 aliphatic carbocycles. The van der Waals surface area contributed by atoms with Crippen LogP contribution in [0.1, 0.15) is 32.1 Å². The van der Waals surface area contributed by atoms with Crippen LogP contribution in [0.3, 0.4) is 0 Å². The van der Waals surface area contributed by atoms with Gasteiger partial charge in [0.15, 0.2) is 0 Å². The molecular formula is C11H23N3O2. The first-order chi connectivity index (χ1) is 7.76. The minimum atomic E-state index is -0.0755. The molecule has 0 spiro atoms. The van der Waals surface area contributed by atoms with Crippen LogP contribution in [0.2, 0.25) is 0 Å². The number of rotatable bonds is 6. The van der Waals surface area contributed by atoms with Gasteiger partial charge in [-0.2, -0.15) is 0 Å². The summed E-state index contributed by atoms with van der Waals surface area (Å²) in [5, 5.41) is 0. The molecule has 1 amide bonds. The lowest BCUT2D eigenvalue weighted by Crippen LogP contribution is -2.39. The number of piperidine rings is 1. The summed E-state index contributed by atoms with van der Waals surface area (Å²) in [6.45, 7) is 3.24. The van der Waals surface area contributed by atoms with E-state index in [4.69, 9.17) is 10.6 Å². The fraction of sp³-hybridized carbons (Fsp3) is 0.909. The van der Waals surface area contributed by atoms with Gasteiger partial charge in [-0.05, 0) is 38.8 Å². The Balaban J connectivity index is 2.06. The summed E-state index contributed by atoms with van der Waals surface area (Å²) >= 11 is 0. The maximum Gasteiger partial charge on any atom is 0.233 e. The third-order valence-electron chi connectivity index (χ3n) is 3.08. The number of hydrogen-bond acceptors (Lipinski definition) is 4. The predicted molar refractivity (Wildman–Crippen MR) is 62.7 cm³/mol. The molecule has 3 N–H and O–H groups in total. The second-order valence-electron chi connectivity index (χ2n) is 4.33. The first-order valence-electron chi connectivity index (χ1n) is 6.01. The molecule has 0 radical (unpaired) electrons. The zero-order valence-corrected chi connectivity index (χ0v) is 10.1. The summed E-state index contributed by atoms with van der Waals surface area (Å²) in [5.74, 6) is 4.93. The Labute approximate surface area is 97.3 Å². The van der Waals surface area contributed by atoms with Crippen LogP contribution in [0, 0.1) is 0 Å². The lowest BCUT2D eigenvalue weighted by molar-refractivity contribution is -0.121. The highest BCUT2D eigenvalue weighted by molar-refractivity contribution is 5.75. The monoisotopic (exact) mass is 229 g/mol. The number of hydrogen-bond donors (Lipinski definition) is 2. The third-order valence-corrected chi connectivity index (χ3v) is 3.08. The first kappa shape index (κ1) is 13.4. The quantitative estimate of drug-likeness (QED) is 0.297. The van der Waals surface area contributed by atoms with Gasteiger partial charge in [-0.1, -0.05) is 0 Å². The summed E-state index contributed by atoms with van der Waals surface area (Å²) in [6, 6.07) is 0. The van der Waals surface area contributed by atoms with E-state index in [2.05, 4.69) is 10.3 Å². The molecule has 94 valence electrons. The minimum absolute atomic E-state index is 0.0755. The van der Waals surface area contributed by atoms with Crippen molar-refractivity contribution in [2.45, 2.75) is 38.2 Å². The molecule has 0 aromatic rings. The van der Waals surface area contributed by atoms with Crippen LogP contribution in [0.4, 0.5) is 0 Å². The van der Waals surface area contributed by atoms with Gasteiger partial charge in [-0.25, -0.2) is 5.84 Å². The molecule has 1 rings (SSSR count). The van der Waals surface area contributed by atoms with E-state index in [-0.39, 0.29) is 5.91 Å².